The molecule has 0 bridgehead atoms. The zero-order valence-corrected chi connectivity index (χ0v) is 17.6. The molecule has 0 saturated heterocycles. The highest BCUT2D eigenvalue weighted by Crippen LogP contribution is 2.23. The van der Waals surface area contributed by atoms with Crippen molar-refractivity contribution in [1.82, 2.24) is 0 Å². The van der Waals surface area contributed by atoms with Gasteiger partial charge >= 0.3 is 12.1 Å². The maximum absolute atomic E-state index is 12.3. The molecule has 8 heteroatoms. The summed E-state index contributed by atoms with van der Waals surface area (Å²) >= 11 is 0. The minimum Gasteiger partial charge on any atom is -0.495 e. The monoisotopic (exact) mass is 414 g/mol. The van der Waals surface area contributed by atoms with Gasteiger partial charge in [-0.25, -0.2) is 9.59 Å². The zero-order valence-electron chi connectivity index (χ0n) is 17.6. The molecule has 1 atom stereocenters. The summed E-state index contributed by atoms with van der Waals surface area (Å²) < 4.78 is 15.6. The molecule has 30 heavy (non-hydrogen) atoms. The van der Waals surface area contributed by atoms with Gasteiger partial charge in [-0.2, -0.15) is 0 Å². The van der Waals surface area contributed by atoms with Crippen molar-refractivity contribution in [3.8, 4) is 5.75 Å². The summed E-state index contributed by atoms with van der Waals surface area (Å²) in [5.41, 5.74) is 0.559. The fourth-order valence-electron chi connectivity index (χ4n) is 2.38. The Morgan fingerprint density at radius 3 is 2.17 bits per heavy atom. The van der Waals surface area contributed by atoms with Crippen LogP contribution in [0.1, 0.15) is 38.1 Å². The molecule has 160 valence electrons. The standard InChI is InChI=1S/C22H26N2O6/c1-14(19(25)24-17-8-6-7-9-18(17)28-5)29-20(26)15-10-12-16(13-11-15)23-21(27)30-22(2,3)4/h6-14H,1-5H3,(H,23,27)(H,24,25)/t14-/m1/s1. The normalized spacial score (nSPS) is 11.8. The zero-order chi connectivity index (χ0) is 22.3. The van der Waals surface area contributed by atoms with E-state index in [0.29, 0.717) is 17.1 Å². The first-order valence-corrected chi connectivity index (χ1v) is 9.34. The molecule has 2 aromatic carbocycles. The van der Waals surface area contributed by atoms with Crippen molar-refractivity contribution in [3.63, 3.8) is 0 Å². The molecule has 2 N–H and O–H groups in total. The van der Waals surface area contributed by atoms with Gasteiger partial charge in [0.05, 0.1) is 18.4 Å². The first-order chi connectivity index (χ1) is 14.1. The molecule has 2 amide bonds. The van der Waals surface area contributed by atoms with E-state index in [9.17, 15) is 14.4 Å². The fraction of sp³-hybridized carbons (Fsp3) is 0.318. The lowest BCUT2D eigenvalue weighted by Crippen LogP contribution is -2.30. The third kappa shape index (κ3) is 6.80. The molecule has 0 radical (unpaired) electrons. The number of rotatable bonds is 6. The minimum atomic E-state index is -1.03. The van der Waals surface area contributed by atoms with Crippen LogP contribution in [0.2, 0.25) is 0 Å². The molecular formula is C22H26N2O6. The second-order valence-electron chi connectivity index (χ2n) is 7.44. The van der Waals surface area contributed by atoms with Gasteiger partial charge in [-0.05, 0) is 64.1 Å². The number of para-hydroxylation sites is 2. The average molecular weight is 414 g/mol. The summed E-state index contributed by atoms with van der Waals surface area (Å²) in [7, 11) is 1.50. The van der Waals surface area contributed by atoms with Crippen molar-refractivity contribution in [1.29, 1.82) is 0 Å². The van der Waals surface area contributed by atoms with Gasteiger partial charge in [-0.1, -0.05) is 12.1 Å². The van der Waals surface area contributed by atoms with E-state index in [4.69, 9.17) is 14.2 Å². The maximum Gasteiger partial charge on any atom is 0.412 e. The lowest BCUT2D eigenvalue weighted by Gasteiger charge is -2.19. The van der Waals surface area contributed by atoms with Crippen LogP contribution in [0.25, 0.3) is 0 Å². The van der Waals surface area contributed by atoms with Crippen LogP contribution < -0.4 is 15.4 Å². The van der Waals surface area contributed by atoms with Crippen LogP contribution in [0.4, 0.5) is 16.2 Å². The molecule has 2 aromatic rings. The van der Waals surface area contributed by atoms with Gasteiger partial charge in [0.25, 0.3) is 5.91 Å². The number of carbonyl (C=O) groups is 3. The van der Waals surface area contributed by atoms with E-state index in [2.05, 4.69) is 10.6 Å². The Kier molecular flexibility index (Phi) is 7.41. The Morgan fingerprint density at radius 1 is 0.933 bits per heavy atom. The first kappa shape index (κ1) is 22.7. The van der Waals surface area contributed by atoms with Gasteiger partial charge in [0.2, 0.25) is 0 Å². The van der Waals surface area contributed by atoms with E-state index in [-0.39, 0.29) is 5.56 Å². The quantitative estimate of drug-likeness (QED) is 0.686. The Labute approximate surface area is 175 Å². The molecule has 0 unspecified atom stereocenters. The maximum atomic E-state index is 12.3. The number of nitrogens with one attached hydrogen (secondary N) is 2. The van der Waals surface area contributed by atoms with Gasteiger partial charge < -0.3 is 19.5 Å². The van der Waals surface area contributed by atoms with Gasteiger partial charge in [-0.3, -0.25) is 10.1 Å². The number of hydrogen-bond donors (Lipinski definition) is 2. The van der Waals surface area contributed by atoms with Crippen molar-refractivity contribution in [2.24, 2.45) is 0 Å². The third-order valence-corrected chi connectivity index (χ3v) is 3.78. The molecule has 0 aliphatic rings. The second kappa shape index (κ2) is 9.78. The molecular weight excluding hydrogens is 388 g/mol. The number of ether oxygens (including phenoxy) is 3. The van der Waals surface area contributed by atoms with E-state index in [1.807, 2.05) is 0 Å². The molecule has 0 aromatic heterocycles. The highest BCUT2D eigenvalue weighted by atomic mass is 16.6. The van der Waals surface area contributed by atoms with Crippen LogP contribution in [0.5, 0.6) is 5.75 Å². The van der Waals surface area contributed by atoms with E-state index >= 15 is 0 Å². The van der Waals surface area contributed by atoms with Crippen molar-refractivity contribution in [2.45, 2.75) is 39.4 Å². The minimum absolute atomic E-state index is 0.238. The summed E-state index contributed by atoms with van der Waals surface area (Å²) in [6.45, 7) is 6.76. The van der Waals surface area contributed by atoms with Gasteiger partial charge in [-0.15, -0.1) is 0 Å². The summed E-state index contributed by atoms with van der Waals surface area (Å²) in [6, 6.07) is 13.0. The predicted molar refractivity (Wildman–Crippen MR) is 113 cm³/mol. The number of carbonyl (C=O) groups excluding carboxylic acids is 3. The molecule has 0 aliphatic carbocycles. The third-order valence-electron chi connectivity index (χ3n) is 3.78. The smallest absolute Gasteiger partial charge is 0.412 e. The molecule has 0 heterocycles. The highest BCUT2D eigenvalue weighted by Gasteiger charge is 2.20. The van der Waals surface area contributed by atoms with E-state index < -0.39 is 29.7 Å². The first-order valence-electron chi connectivity index (χ1n) is 9.34. The lowest BCUT2D eigenvalue weighted by atomic mass is 10.2. The van der Waals surface area contributed by atoms with Crippen LogP contribution in [-0.2, 0) is 14.3 Å². The molecule has 0 aliphatic heterocycles. The van der Waals surface area contributed by atoms with Crippen LogP contribution in [0, 0.1) is 0 Å². The number of methoxy groups -OCH3 is 1. The van der Waals surface area contributed by atoms with Crippen LogP contribution >= 0.6 is 0 Å². The Balaban J connectivity index is 1.93. The topological polar surface area (TPSA) is 103 Å². The van der Waals surface area contributed by atoms with Crippen LogP contribution in [0.15, 0.2) is 48.5 Å². The van der Waals surface area contributed by atoms with Crippen molar-refractivity contribution in [2.75, 3.05) is 17.7 Å². The SMILES string of the molecule is COc1ccccc1NC(=O)[C@@H](C)OC(=O)c1ccc(NC(=O)OC(C)(C)C)cc1. The number of hydrogen-bond acceptors (Lipinski definition) is 6. The van der Waals surface area contributed by atoms with Crippen molar-refractivity contribution >= 4 is 29.3 Å². The molecule has 2 rings (SSSR count). The average Bonchev–Trinajstić information content (AvgIpc) is 2.67. The Morgan fingerprint density at radius 2 is 1.57 bits per heavy atom. The Hall–Kier alpha value is -3.55. The number of benzene rings is 2. The van der Waals surface area contributed by atoms with Gasteiger partial charge in [0.1, 0.15) is 11.4 Å². The second-order valence-corrected chi connectivity index (χ2v) is 7.44. The van der Waals surface area contributed by atoms with Crippen LogP contribution in [-0.4, -0.2) is 36.8 Å². The van der Waals surface area contributed by atoms with E-state index in [0.717, 1.165) is 0 Å². The van der Waals surface area contributed by atoms with Crippen molar-refractivity contribution < 1.29 is 28.6 Å². The summed E-state index contributed by atoms with van der Waals surface area (Å²) in [6.07, 6.45) is -1.62. The summed E-state index contributed by atoms with van der Waals surface area (Å²) in [4.78, 5) is 36.4. The number of amides is 2. The number of esters is 1. The van der Waals surface area contributed by atoms with E-state index in [1.165, 1.54) is 26.2 Å². The fourth-order valence-corrected chi connectivity index (χ4v) is 2.38. The summed E-state index contributed by atoms with van der Waals surface area (Å²) in [5.74, 6) is -0.657. The molecule has 0 fully saturated rings. The lowest BCUT2D eigenvalue weighted by molar-refractivity contribution is -0.123. The van der Waals surface area contributed by atoms with Gasteiger partial charge in [0.15, 0.2) is 6.10 Å². The largest absolute Gasteiger partial charge is 0.495 e. The summed E-state index contributed by atoms with van der Waals surface area (Å²) in [5, 5.41) is 5.24. The van der Waals surface area contributed by atoms with E-state index in [1.54, 1.807) is 57.2 Å². The predicted octanol–water partition coefficient (Wildman–Crippen LogP) is 4.23. The molecule has 8 nitrogen and oxygen atoms in total. The van der Waals surface area contributed by atoms with Crippen LogP contribution in [0.3, 0.4) is 0 Å². The van der Waals surface area contributed by atoms with Crippen molar-refractivity contribution in [3.05, 3.63) is 54.1 Å². The molecule has 0 spiro atoms. The van der Waals surface area contributed by atoms with Gasteiger partial charge in [0, 0.05) is 5.69 Å². The highest BCUT2D eigenvalue weighted by molar-refractivity contribution is 5.98. The number of anilines is 2. The molecule has 0 saturated carbocycles. The Bertz CT molecular complexity index is 903.